The van der Waals surface area contributed by atoms with Crippen LogP contribution in [-0.2, 0) is 11.3 Å². The summed E-state index contributed by atoms with van der Waals surface area (Å²) in [7, 11) is 1.68. The molecule has 0 aliphatic carbocycles. The number of nitrogens with one attached hydrogen (secondary N) is 1. The highest BCUT2D eigenvalue weighted by molar-refractivity contribution is 7.71. The van der Waals surface area contributed by atoms with Crippen LogP contribution >= 0.6 is 12.2 Å². The van der Waals surface area contributed by atoms with Crippen molar-refractivity contribution in [1.29, 1.82) is 5.26 Å². The van der Waals surface area contributed by atoms with Gasteiger partial charge in [0.2, 0.25) is 0 Å². The summed E-state index contributed by atoms with van der Waals surface area (Å²) in [5, 5.41) is 9.08. The fourth-order valence-corrected chi connectivity index (χ4v) is 2.14. The first-order valence-electron chi connectivity index (χ1n) is 5.65. The summed E-state index contributed by atoms with van der Waals surface area (Å²) in [6, 6.07) is 7.76. The molecule has 1 aromatic carbocycles. The highest BCUT2D eigenvalue weighted by Gasteiger charge is 2.19. The van der Waals surface area contributed by atoms with Crippen LogP contribution in [0, 0.1) is 16.1 Å². The van der Waals surface area contributed by atoms with Crippen LogP contribution in [-0.4, -0.2) is 22.3 Å². The minimum absolute atomic E-state index is 0.310. The third-order valence-corrected chi connectivity index (χ3v) is 3.34. The van der Waals surface area contributed by atoms with Gasteiger partial charge in [-0.05, 0) is 38.2 Å². The van der Waals surface area contributed by atoms with Gasteiger partial charge in [-0.2, -0.15) is 5.26 Å². The summed E-state index contributed by atoms with van der Waals surface area (Å²) in [5.41, 5.74) is 2.02. The maximum Gasteiger partial charge on any atom is 0.178 e. The summed E-state index contributed by atoms with van der Waals surface area (Å²) in [6.45, 7) is 4.64. The zero-order chi connectivity index (χ0) is 13.3. The number of aromatic nitrogens is 2. The van der Waals surface area contributed by atoms with E-state index in [1.807, 2.05) is 30.5 Å². The van der Waals surface area contributed by atoms with Crippen LogP contribution < -0.4 is 0 Å². The fourth-order valence-electron chi connectivity index (χ4n) is 1.88. The Balaban J connectivity index is 2.63. The molecule has 0 saturated heterocycles. The summed E-state index contributed by atoms with van der Waals surface area (Å²) in [6.07, 6.45) is 0. The molecule has 0 bridgehead atoms. The van der Waals surface area contributed by atoms with Gasteiger partial charge in [0.15, 0.2) is 4.77 Å². The van der Waals surface area contributed by atoms with Gasteiger partial charge in [-0.1, -0.05) is 6.07 Å². The van der Waals surface area contributed by atoms with E-state index in [1.165, 1.54) is 0 Å². The number of ether oxygens (including phenoxy) is 1. The van der Waals surface area contributed by atoms with E-state index >= 15 is 0 Å². The number of nitriles is 1. The average Bonchev–Trinajstić information content (AvgIpc) is 2.66. The molecule has 0 amide bonds. The highest BCUT2D eigenvalue weighted by Crippen LogP contribution is 2.21. The maximum atomic E-state index is 9.08. The molecule has 5 heteroatoms. The number of hydrogen-bond donors (Lipinski definition) is 1. The molecule has 0 aliphatic heterocycles. The normalized spacial score (nSPS) is 11.7. The average molecular weight is 261 g/mol. The van der Waals surface area contributed by atoms with Gasteiger partial charge in [-0.25, -0.2) is 0 Å². The lowest BCUT2D eigenvalue weighted by Gasteiger charge is -2.23. The summed E-state index contributed by atoms with van der Waals surface area (Å²) >= 11 is 5.32. The number of benzene rings is 1. The van der Waals surface area contributed by atoms with Gasteiger partial charge in [-0.3, -0.25) is 0 Å². The Morgan fingerprint density at radius 3 is 2.83 bits per heavy atom. The highest BCUT2D eigenvalue weighted by atomic mass is 32.1. The topological polar surface area (TPSA) is 53.7 Å². The van der Waals surface area contributed by atoms with Gasteiger partial charge in [0.1, 0.15) is 6.07 Å². The molecule has 0 atom stereocenters. The Morgan fingerprint density at radius 2 is 2.22 bits per heavy atom. The number of methoxy groups -OCH3 is 1. The van der Waals surface area contributed by atoms with Gasteiger partial charge in [0, 0.05) is 7.11 Å². The first kappa shape index (κ1) is 12.8. The van der Waals surface area contributed by atoms with Crippen molar-refractivity contribution in [2.24, 2.45) is 0 Å². The summed E-state index contributed by atoms with van der Waals surface area (Å²) in [5.74, 6) is 0. The number of imidazole rings is 1. The molecule has 2 rings (SSSR count). The standard InChI is InChI=1S/C13H15N3OS/c1-13(2,17-3)8-16-10-6-4-5-9(7-14)11(10)15-12(16)18/h4-6H,8H2,1-3H3,(H,15,18). The first-order valence-corrected chi connectivity index (χ1v) is 6.06. The quantitative estimate of drug-likeness (QED) is 0.864. The van der Waals surface area contributed by atoms with Gasteiger partial charge in [-0.15, -0.1) is 0 Å². The zero-order valence-electron chi connectivity index (χ0n) is 10.7. The van der Waals surface area contributed by atoms with Crippen molar-refractivity contribution in [2.45, 2.75) is 26.0 Å². The molecule has 1 heterocycles. The van der Waals surface area contributed by atoms with Crippen molar-refractivity contribution >= 4 is 23.3 Å². The fraction of sp³-hybridized carbons (Fsp3) is 0.385. The second-order valence-electron chi connectivity index (χ2n) is 4.79. The summed E-state index contributed by atoms with van der Waals surface area (Å²) < 4.78 is 8.00. The Labute approximate surface area is 111 Å². The van der Waals surface area contributed by atoms with Gasteiger partial charge in [0.05, 0.1) is 28.7 Å². The number of hydrogen-bond acceptors (Lipinski definition) is 3. The molecule has 0 fully saturated rings. The minimum atomic E-state index is -0.310. The van der Waals surface area contributed by atoms with Crippen molar-refractivity contribution in [3.8, 4) is 6.07 Å². The van der Waals surface area contributed by atoms with Crippen LogP contribution in [0.5, 0.6) is 0 Å². The van der Waals surface area contributed by atoms with Crippen LogP contribution in [0.1, 0.15) is 19.4 Å². The van der Waals surface area contributed by atoms with E-state index in [2.05, 4.69) is 11.1 Å². The van der Waals surface area contributed by atoms with Gasteiger partial charge >= 0.3 is 0 Å². The van der Waals surface area contributed by atoms with Crippen molar-refractivity contribution in [2.75, 3.05) is 7.11 Å². The van der Waals surface area contributed by atoms with E-state index in [4.69, 9.17) is 22.2 Å². The largest absolute Gasteiger partial charge is 0.377 e. The van der Waals surface area contributed by atoms with Crippen molar-refractivity contribution < 1.29 is 4.74 Å². The zero-order valence-corrected chi connectivity index (χ0v) is 11.5. The second kappa shape index (κ2) is 4.56. The predicted octanol–water partition coefficient (Wildman–Crippen LogP) is 3.00. The number of fused-ring (bicyclic) bond motifs is 1. The van der Waals surface area contributed by atoms with Crippen molar-refractivity contribution in [1.82, 2.24) is 9.55 Å². The molecule has 94 valence electrons. The van der Waals surface area contributed by atoms with Crippen LogP contribution in [0.2, 0.25) is 0 Å². The number of aromatic amines is 1. The molecule has 1 N–H and O–H groups in total. The van der Waals surface area contributed by atoms with E-state index in [0.29, 0.717) is 16.9 Å². The lowest BCUT2D eigenvalue weighted by Crippen LogP contribution is -2.29. The molecule has 18 heavy (non-hydrogen) atoms. The maximum absolute atomic E-state index is 9.08. The molecular formula is C13H15N3OS. The minimum Gasteiger partial charge on any atom is -0.377 e. The van der Waals surface area contributed by atoms with Crippen LogP contribution in [0.25, 0.3) is 11.0 Å². The molecule has 0 spiro atoms. The number of H-pyrrole nitrogens is 1. The number of nitrogens with zero attached hydrogens (tertiary/aromatic N) is 2. The molecule has 0 unspecified atom stereocenters. The van der Waals surface area contributed by atoms with E-state index in [1.54, 1.807) is 13.2 Å². The van der Waals surface area contributed by atoms with Gasteiger partial charge < -0.3 is 14.3 Å². The van der Waals surface area contributed by atoms with Crippen molar-refractivity contribution in [3.05, 3.63) is 28.5 Å². The summed E-state index contributed by atoms with van der Waals surface area (Å²) in [4.78, 5) is 3.09. The molecular weight excluding hydrogens is 246 g/mol. The molecule has 0 aliphatic rings. The van der Waals surface area contributed by atoms with Crippen LogP contribution in [0.3, 0.4) is 0 Å². The smallest absolute Gasteiger partial charge is 0.178 e. The van der Waals surface area contributed by atoms with Crippen molar-refractivity contribution in [3.63, 3.8) is 0 Å². The van der Waals surface area contributed by atoms with Crippen LogP contribution in [0.15, 0.2) is 18.2 Å². The van der Waals surface area contributed by atoms with E-state index < -0.39 is 0 Å². The van der Waals surface area contributed by atoms with Crippen LogP contribution in [0.4, 0.5) is 0 Å². The van der Waals surface area contributed by atoms with E-state index in [0.717, 1.165) is 11.0 Å². The SMILES string of the molecule is COC(C)(C)Cn1c(=S)[nH]c2c(C#N)cccc21. The lowest BCUT2D eigenvalue weighted by atomic mass is 10.1. The molecule has 0 radical (unpaired) electrons. The molecule has 2 aromatic rings. The Hall–Kier alpha value is -1.64. The first-order chi connectivity index (χ1) is 8.48. The third kappa shape index (κ3) is 2.17. The third-order valence-electron chi connectivity index (χ3n) is 3.02. The lowest BCUT2D eigenvalue weighted by molar-refractivity contribution is 0.00873. The molecule has 1 aromatic heterocycles. The molecule has 4 nitrogen and oxygen atoms in total. The predicted molar refractivity (Wildman–Crippen MR) is 72.9 cm³/mol. The van der Waals surface area contributed by atoms with E-state index in [-0.39, 0.29) is 5.60 Å². The number of rotatable bonds is 3. The second-order valence-corrected chi connectivity index (χ2v) is 5.18. The molecule has 0 saturated carbocycles. The van der Waals surface area contributed by atoms with E-state index in [9.17, 15) is 0 Å². The monoisotopic (exact) mass is 261 g/mol. The Kier molecular flexibility index (Phi) is 3.24. The Morgan fingerprint density at radius 1 is 1.50 bits per heavy atom. The number of para-hydroxylation sites is 1. The van der Waals surface area contributed by atoms with Gasteiger partial charge in [0.25, 0.3) is 0 Å². The Bertz CT molecular complexity index is 676.